The standard InChI is InChI=1S/C13H15NO3/c15-13-11-4-2-1-3-10(11)12(17-13)9-14-5-7-16-8-6-14/h1-4,12H,5-9H2. The fourth-order valence-corrected chi connectivity index (χ4v) is 2.37. The smallest absolute Gasteiger partial charge is 0.339 e. The lowest BCUT2D eigenvalue weighted by atomic mass is 10.0. The second kappa shape index (κ2) is 4.47. The SMILES string of the molecule is O=C1OC(CN2CCOCC2)c2ccccc21. The first-order valence-corrected chi connectivity index (χ1v) is 5.94. The van der Waals surface area contributed by atoms with Gasteiger partial charge in [0, 0.05) is 25.2 Å². The fraction of sp³-hybridized carbons (Fsp3) is 0.462. The van der Waals surface area contributed by atoms with Gasteiger partial charge >= 0.3 is 5.97 Å². The third-order valence-electron chi connectivity index (χ3n) is 3.30. The second-order valence-electron chi connectivity index (χ2n) is 4.39. The predicted octanol–water partition coefficient (Wildman–Crippen LogP) is 1.23. The molecule has 3 rings (SSSR count). The number of benzene rings is 1. The molecule has 1 saturated heterocycles. The quantitative estimate of drug-likeness (QED) is 0.720. The molecule has 0 amide bonds. The molecule has 0 aromatic heterocycles. The molecule has 4 heteroatoms. The average molecular weight is 233 g/mol. The zero-order chi connectivity index (χ0) is 11.7. The molecule has 1 unspecified atom stereocenters. The van der Waals surface area contributed by atoms with Crippen LogP contribution >= 0.6 is 0 Å². The Balaban J connectivity index is 1.75. The van der Waals surface area contributed by atoms with Crippen molar-refractivity contribution in [2.75, 3.05) is 32.8 Å². The number of esters is 1. The van der Waals surface area contributed by atoms with Crippen LogP contribution in [0.1, 0.15) is 22.0 Å². The molecule has 90 valence electrons. The van der Waals surface area contributed by atoms with Crippen molar-refractivity contribution in [3.8, 4) is 0 Å². The third-order valence-corrected chi connectivity index (χ3v) is 3.30. The van der Waals surface area contributed by atoms with Gasteiger partial charge in [0.1, 0.15) is 6.10 Å². The fourth-order valence-electron chi connectivity index (χ4n) is 2.37. The van der Waals surface area contributed by atoms with Gasteiger partial charge < -0.3 is 9.47 Å². The van der Waals surface area contributed by atoms with Crippen LogP contribution in [0.2, 0.25) is 0 Å². The number of hydrogen-bond donors (Lipinski definition) is 0. The minimum atomic E-state index is -0.196. The molecule has 1 aromatic rings. The van der Waals surface area contributed by atoms with E-state index in [2.05, 4.69) is 4.90 Å². The van der Waals surface area contributed by atoms with Gasteiger partial charge in [-0.2, -0.15) is 0 Å². The zero-order valence-electron chi connectivity index (χ0n) is 9.59. The number of rotatable bonds is 2. The molecule has 2 aliphatic heterocycles. The van der Waals surface area contributed by atoms with E-state index in [0.29, 0.717) is 5.56 Å². The van der Waals surface area contributed by atoms with Gasteiger partial charge in [-0.05, 0) is 6.07 Å². The lowest BCUT2D eigenvalue weighted by molar-refractivity contribution is 0.00176. The molecule has 0 aliphatic carbocycles. The van der Waals surface area contributed by atoms with E-state index in [1.165, 1.54) is 0 Å². The molecule has 1 atom stereocenters. The van der Waals surface area contributed by atoms with Crippen molar-refractivity contribution in [1.82, 2.24) is 4.90 Å². The summed E-state index contributed by atoms with van der Waals surface area (Å²) in [5.74, 6) is -0.196. The maximum atomic E-state index is 11.7. The summed E-state index contributed by atoms with van der Waals surface area (Å²) in [6.45, 7) is 4.13. The Kier molecular flexibility index (Phi) is 2.82. The molecule has 1 fully saturated rings. The number of nitrogens with zero attached hydrogens (tertiary/aromatic N) is 1. The number of hydrogen-bond acceptors (Lipinski definition) is 4. The van der Waals surface area contributed by atoms with Gasteiger partial charge in [-0.15, -0.1) is 0 Å². The van der Waals surface area contributed by atoms with Crippen LogP contribution in [0.3, 0.4) is 0 Å². The number of carbonyl (C=O) groups is 1. The number of cyclic esters (lactones) is 1. The summed E-state index contributed by atoms with van der Waals surface area (Å²) in [5, 5.41) is 0. The first kappa shape index (κ1) is 10.7. The van der Waals surface area contributed by atoms with Crippen LogP contribution in [0.4, 0.5) is 0 Å². The minimum absolute atomic E-state index is 0.114. The number of fused-ring (bicyclic) bond motifs is 1. The Labute approximate surface area is 100 Å². The molecule has 2 aliphatic rings. The van der Waals surface area contributed by atoms with Crippen molar-refractivity contribution in [2.45, 2.75) is 6.10 Å². The van der Waals surface area contributed by atoms with Gasteiger partial charge in [0.05, 0.1) is 18.8 Å². The van der Waals surface area contributed by atoms with Crippen molar-refractivity contribution in [1.29, 1.82) is 0 Å². The van der Waals surface area contributed by atoms with E-state index in [4.69, 9.17) is 9.47 Å². The molecule has 0 saturated carbocycles. The van der Waals surface area contributed by atoms with Crippen LogP contribution < -0.4 is 0 Å². The topological polar surface area (TPSA) is 38.8 Å². The summed E-state index contributed by atoms with van der Waals surface area (Å²) >= 11 is 0. The highest BCUT2D eigenvalue weighted by Gasteiger charge is 2.31. The molecule has 1 aromatic carbocycles. The van der Waals surface area contributed by atoms with Crippen LogP contribution in [0.15, 0.2) is 24.3 Å². The highest BCUT2D eigenvalue weighted by Crippen LogP contribution is 2.30. The van der Waals surface area contributed by atoms with E-state index in [-0.39, 0.29) is 12.1 Å². The van der Waals surface area contributed by atoms with E-state index < -0.39 is 0 Å². The van der Waals surface area contributed by atoms with Crippen LogP contribution in [0, 0.1) is 0 Å². The number of ether oxygens (including phenoxy) is 2. The van der Waals surface area contributed by atoms with E-state index in [1.807, 2.05) is 24.3 Å². The number of morpholine rings is 1. The highest BCUT2D eigenvalue weighted by molar-refractivity contribution is 5.94. The molecule has 4 nitrogen and oxygen atoms in total. The Morgan fingerprint density at radius 1 is 1.24 bits per heavy atom. The van der Waals surface area contributed by atoms with Crippen molar-refractivity contribution in [3.63, 3.8) is 0 Å². The van der Waals surface area contributed by atoms with Crippen LogP contribution in [0.25, 0.3) is 0 Å². The van der Waals surface area contributed by atoms with Crippen LogP contribution in [-0.4, -0.2) is 43.7 Å². The van der Waals surface area contributed by atoms with Crippen molar-refractivity contribution in [3.05, 3.63) is 35.4 Å². The third kappa shape index (κ3) is 2.06. The first-order valence-electron chi connectivity index (χ1n) is 5.94. The second-order valence-corrected chi connectivity index (χ2v) is 4.39. The Morgan fingerprint density at radius 3 is 2.82 bits per heavy atom. The van der Waals surface area contributed by atoms with Gasteiger partial charge in [0.25, 0.3) is 0 Å². The summed E-state index contributed by atoms with van der Waals surface area (Å²) in [6.07, 6.45) is -0.114. The van der Waals surface area contributed by atoms with E-state index in [9.17, 15) is 4.79 Å². The molecule has 2 heterocycles. The monoisotopic (exact) mass is 233 g/mol. The average Bonchev–Trinajstić information content (AvgIpc) is 2.69. The summed E-state index contributed by atoms with van der Waals surface area (Å²) in [6, 6.07) is 7.63. The first-order chi connectivity index (χ1) is 8.34. The normalized spacial score (nSPS) is 24.5. The van der Waals surface area contributed by atoms with Gasteiger partial charge in [0.2, 0.25) is 0 Å². The molecule has 0 spiro atoms. The van der Waals surface area contributed by atoms with Crippen LogP contribution in [0.5, 0.6) is 0 Å². The zero-order valence-corrected chi connectivity index (χ0v) is 9.59. The largest absolute Gasteiger partial charge is 0.452 e. The minimum Gasteiger partial charge on any atom is -0.452 e. The summed E-state index contributed by atoms with van der Waals surface area (Å²) in [4.78, 5) is 13.9. The van der Waals surface area contributed by atoms with E-state index >= 15 is 0 Å². The van der Waals surface area contributed by atoms with E-state index in [0.717, 1.165) is 38.4 Å². The summed E-state index contributed by atoms with van der Waals surface area (Å²) < 4.78 is 10.7. The summed E-state index contributed by atoms with van der Waals surface area (Å²) in [5.41, 5.74) is 1.73. The Morgan fingerprint density at radius 2 is 2.00 bits per heavy atom. The molecule has 0 radical (unpaired) electrons. The highest BCUT2D eigenvalue weighted by atomic mass is 16.5. The van der Waals surface area contributed by atoms with Gasteiger partial charge in [-0.25, -0.2) is 4.79 Å². The van der Waals surface area contributed by atoms with Gasteiger partial charge in [0.15, 0.2) is 0 Å². The van der Waals surface area contributed by atoms with Gasteiger partial charge in [-0.1, -0.05) is 18.2 Å². The van der Waals surface area contributed by atoms with Crippen molar-refractivity contribution in [2.24, 2.45) is 0 Å². The molecular weight excluding hydrogens is 218 g/mol. The Bertz CT molecular complexity index is 426. The maximum Gasteiger partial charge on any atom is 0.339 e. The predicted molar refractivity (Wildman–Crippen MR) is 61.9 cm³/mol. The lowest BCUT2D eigenvalue weighted by Gasteiger charge is -2.28. The van der Waals surface area contributed by atoms with Crippen molar-refractivity contribution < 1.29 is 14.3 Å². The molecule has 0 bridgehead atoms. The number of carbonyl (C=O) groups excluding carboxylic acids is 1. The molecular formula is C13H15NO3. The maximum absolute atomic E-state index is 11.7. The summed E-state index contributed by atoms with van der Waals surface area (Å²) in [7, 11) is 0. The Hall–Kier alpha value is -1.39. The molecule has 0 N–H and O–H groups in total. The van der Waals surface area contributed by atoms with Crippen molar-refractivity contribution >= 4 is 5.97 Å². The van der Waals surface area contributed by atoms with Crippen LogP contribution in [-0.2, 0) is 9.47 Å². The van der Waals surface area contributed by atoms with Gasteiger partial charge in [-0.3, -0.25) is 4.90 Å². The molecule has 17 heavy (non-hydrogen) atoms. The van der Waals surface area contributed by atoms with E-state index in [1.54, 1.807) is 0 Å². The lowest BCUT2D eigenvalue weighted by Crippen LogP contribution is -2.38.